The molecule has 9 N–H and O–H groups in total. The zero-order valence-electron chi connectivity index (χ0n) is 25.3. The number of hydrogen-bond acceptors (Lipinski definition) is 9. The van der Waals surface area contributed by atoms with Crippen LogP contribution in [0.25, 0.3) is 0 Å². The Morgan fingerprint density at radius 3 is 1.83 bits per heavy atom. The van der Waals surface area contributed by atoms with E-state index in [0.717, 1.165) is 6.92 Å². The predicted octanol–water partition coefficient (Wildman–Crippen LogP) is -0.480. The summed E-state index contributed by atoms with van der Waals surface area (Å²) < 4.78 is 15.4. The number of carboxylic acids is 3. The highest BCUT2D eigenvalue weighted by Crippen LogP contribution is 2.37. The van der Waals surface area contributed by atoms with Gasteiger partial charge in [0.05, 0.1) is 0 Å². The van der Waals surface area contributed by atoms with Gasteiger partial charge >= 0.3 is 25.7 Å². The number of nitrogens with one attached hydrogen (secondary N) is 4. The summed E-state index contributed by atoms with van der Waals surface area (Å²) >= 11 is 0. The van der Waals surface area contributed by atoms with Crippen LogP contribution in [0, 0.1) is 5.92 Å². The van der Waals surface area contributed by atoms with Crippen molar-refractivity contribution < 1.29 is 67.8 Å². The summed E-state index contributed by atoms with van der Waals surface area (Å²) in [6.45, 7) is 4.41. The minimum absolute atomic E-state index is 0.164. The molecule has 256 valence electrons. The molecular formula is C27H39N4O14P. The molecule has 0 aliphatic rings. The van der Waals surface area contributed by atoms with Crippen molar-refractivity contribution in [1.82, 2.24) is 21.3 Å². The molecule has 4 amide bonds. The second kappa shape index (κ2) is 18.4. The average molecular weight is 675 g/mol. The second-order valence-electron chi connectivity index (χ2n) is 10.4. The first kappa shape index (κ1) is 39.5. The number of phosphoric ester groups is 1. The molecule has 0 aliphatic heterocycles. The molecule has 1 aromatic rings. The van der Waals surface area contributed by atoms with Crippen molar-refractivity contribution in [3.8, 4) is 5.75 Å². The van der Waals surface area contributed by atoms with Crippen molar-refractivity contribution >= 4 is 49.4 Å². The lowest BCUT2D eigenvalue weighted by Crippen LogP contribution is -2.54. The number of carbonyl (C=O) groups excluding carboxylic acids is 4. The summed E-state index contributed by atoms with van der Waals surface area (Å²) in [5.74, 6) is -8.16. The van der Waals surface area contributed by atoms with E-state index in [1.54, 1.807) is 13.8 Å². The maximum atomic E-state index is 13.0. The van der Waals surface area contributed by atoms with Gasteiger partial charge in [-0.1, -0.05) is 32.4 Å². The van der Waals surface area contributed by atoms with Crippen LogP contribution < -0.4 is 25.8 Å². The number of phosphoric acid groups is 1. The van der Waals surface area contributed by atoms with Crippen LogP contribution in [0.2, 0.25) is 0 Å². The maximum Gasteiger partial charge on any atom is 0.524 e. The van der Waals surface area contributed by atoms with E-state index in [-0.39, 0.29) is 18.6 Å². The first-order chi connectivity index (χ1) is 21.3. The highest BCUT2D eigenvalue weighted by molar-refractivity contribution is 7.46. The lowest BCUT2D eigenvalue weighted by molar-refractivity contribution is -0.144. The van der Waals surface area contributed by atoms with E-state index in [2.05, 4.69) is 25.8 Å². The van der Waals surface area contributed by atoms with E-state index in [1.165, 1.54) is 24.3 Å². The average Bonchev–Trinajstić information content (AvgIpc) is 2.94. The molecular weight excluding hydrogens is 635 g/mol. The summed E-state index contributed by atoms with van der Waals surface area (Å²) in [5, 5.41) is 37.3. The quantitative estimate of drug-likeness (QED) is 0.0790. The number of carbonyl (C=O) groups is 7. The number of carboxylic acid groups (broad SMARTS) is 3. The fourth-order valence-electron chi connectivity index (χ4n) is 4.06. The molecule has 0 saturated carbocycles. The van der Waals surface area contributed by atoms with E-state index in [4.69, 9.17) is 14.9 Å². The molecule has 0 aliphatic carbocycles. The Labute approximate surface area is 263 Å². The molecule has 1 rings (SSSR count). The van der Waals surface area contributed by atoms with E-state index in [9.17, 15) is 48.3 Å². The van der Waals surface area contributed by atoms with Gasteiger partial charge in [0.2, 0.25) is 23.6 Å². The number of aliphatic carboxylic acids is 3. The summed E-state index contributed by atoms with van der Waals surface area (Å²) in [6, 6.07) is -0.529. The third kappa shape index (κ3) is 15.0. The zero-order valence-corrected chi connectivity index (χ0v) is 26.2. The Hall–Kier alpha value is -4.54. The van der Waals surface area contributed by atoms with Gasteiger partial charge in [0.1, 0.15) is 29.9 Å². The number of hydrogen-bond donors (Lipinski definition) is 9. The van der Waals surface area contributed by atoms with Crippen molar-refractivity contribution in [3.63, 3.8) is 0 Å². The minimum atomic E-state index is -4.81. The molecule has 0 bridgehead atoms. The summed E-state index contributed by atoms with van der Waals surface area (Å²) in [4.78, 5) is 103. The van der Waals surface area contributed by atoms with Gasteiger partial charge in [-0.2, -0.15) is 0 Å². The molecule has 0 radical (unpaired) electrons. The van der Waals surface area contributed by atoms with Crippen LogP contribution in [0.1, 0.15) is 58.4 Å². The zero-order chi connectivity index (χ0) is 35.2. The van der Waals surface area contributed by atoms with Crippen molar-refractivity contribution in [2.45, 2.75) is 83.5 Å². The topological polar surface area (TPSA) is 295 Å². The Morgan fingerprint density at radius 1 is 0.783 bits per heavy atom. The Bertz CT molecular complexity index is 1320. The molecule has 0 fully saturated rings. The predicted molar refractivity (Wildman–Crippen MR) is 157 cm³/mol. The molecule has 19 heteroatoms. The van der Waals surface area contributed by atoms with E-state index in [0.29, 0.717) is 12.0 Å². The normalized spacial score (nSPS) is 14.4. The molecule has 46 heavy (non-hydrogen) atoms. The first-order valence-electron chi connectivity index (χ1n) is 14.0. The van der Waals surface area contributed by atoms with Crippen LogP contribution in [0.15, 0.2) is 24.3 Å². The van der Waals surface area contributed by atoms with Gasteiger partial charge in [0.25, 0.3) is 0 Å². The molecule has 0 spiro atoms. The monoisotopic (exact) mass is 674 g/mol. The van der Waals surface area contributed by atoms with Gasteiger partial charge in [-0.15, -0.1) is 0 Å². The van der Waals surface area contributed by atoms with Crippen LogP contribution in [0.5, 0.6) is 5.75 Å². The largest absolute Gasteiger partial charge is 0.524 e. The summed E-state index contributed by atoms with van der Waals surface area (Å²) in [5.41, 5.74) is 0.405. The standard InChI is InChI=1S/C27H39N4O14P/c1-4-14(2)23(27(40)41)31-24(36)18(10-12-22(34)35)29-21(33)11-9-19(26(38)39)30-25(37)20(28-15(3)32)13-16-5-7-17(8-6-16)45-46(42,43)44/h5-8,14,18-20,23H,4,9-13H2,1-3H3,(H,28,32)(H,29,33)(H,30,37)(H,31,36)(H,34,35)(H,38,39)(H,40,41)(H2,42,43,44)/t14-,18-,19-,20-,23?/m0/s1. The highest BCUT2D eigenvalue weighted by atomic mass is 31.2. The van der Waals surface area contributed by atoms with Gasteiger partial charge in [0, 0.05) is 26.2 Å². The number of rotatable bonds is 20. The van der Waals surface area contributed by atoms with Gasteiger partial charge in [0.15, 0.2) is 0 Å². The molecule has 0 saturated heterocycles. The SMILES string of the molecule is CC[C@H](C)C(NC(=O)[C@H](CCC(=O)O)NC(=O)CC[C@H](NC(=O)[C@H](Cc1ccc(OP(=O)(O)O)cc1)NC(C)=O)C(=O)O)C(=O)O. The Morgan fingerprint density at radius 2 is 1.35 bits per heavy atom. The van der Waals surface area contributed by atoms with E-state index < -0.39 is 98.7 Å². The Kier molecular flexibility index (Phi) is 15.8. The van der Waals surface area contributed by atoms with Gasteiger partial charge in [-0.3, -0.25) is 33.8 Å². The lowest BCUT2D eigenvalue weighted by atomic mass is 9.98. The molecule has 0 heterocycles. The fourth-order valence-corrected chi connectivity index (χ4v) is 4.46. The van der Waals surface area contributed by atoms with Gasteiger partial charge < -0.3 is 41.1 Å². The Balaban J connectivity index is 2.96. The van der Waals surface area contributed by atoms with Crippen LogP contribution in [-0.2, 0) is 44.5 Å². The highest BCUT2D eigenvalue weighted by Gasteiger charge is 2.31. The third-order valence-corrected chi connectivity index (χ3v) is 7.08. The molecule has 1 aromatic carbocycles. The number of amides is 4. The molecule has 1 unspecified atom stereocenters. The van der Waals surface area contributed by atoms with Crippen LogP contribution >= 0.6 is 7.82 Å². The minimum Gasteiger partial charge on any atom is -0.481 e. The first-order valence-corrected chi connectivity index (χ1v) is 15.5. The smallest absolute Gasteiger partial charge is 0.481 e. The van der Waals surface area contributed by atoms with Gasteiger partial charge in [-0.25, -0.2) is 14.2 Å². The van der Waals surface area contributed by atoms with Crippen LogP contribution in [0.3, 0.4) is 0 Å². The second-order valence-corrected chi connectivity index (χ2v) is 11.5. The van der Waals surface area contributed by atoms with E-state index >= 15 is 0 Å². The van der Waals surface area contributed by atoms with E-state index in [1.807, 2.05) is 0 Å². The number of benzene rings is 1. The summed E-state index contributed by atoms with van der Waals surface area (Å²) in [6.07, 6.45) is -1.72. The lowest BCUT2D eigenvalue weighted by Gasteiger charge is -2.24. The maximum absolute atomic E-state index is 13.0. The molecule has 18 nitrogen and oxygen atoms in total. The van der Waals surface area contributed by atoms with Crippen molar-refractivity contribution in [3.05, 3.63) is 29.8 Å². The fraction of sp³-hybridized carbons (Fsp3) is 0.519. The molecule has 5 atom stereocenters. The van der Waals surface area contributed by atoms with Crippen LogP contribution in [0.4, 0.5) is 0 Å². The summed E-state index contributed by atoms with van der Waals surface area (Å²) in [7, 11) is -4.81. The molecule has 0 aromatic heterocycles. The van der Waals surface area contributed by atoms with Crippen molar-refractivity contribution in [2.24, 2.45) is 5.92 Å². The van der Waals surface area contributed by atoms with Gasteiger partial charge in [-0.05, 0) is 36.5 Å². The van der Waals surface area contributed by atoms with Crippen LogP contribution in [-0.4, -0.2) is 90.8 Å². The third-order valence-electron chi connectivity index (χ3n) is 6.63. The van der Waals surface area contributed by atoms with Crippen molar-refractivity contribution in [2.75, 3.05) is 0 Å². The van der Waals surface area contributed by atoms with Crippen molar-refractivity contribution in [1.29, 1.82) is 0 Å².